The Labute approximate surface area is 275 Å². The van der Waals surface area contributed by atoms with Gasteiger partial charge in [-0.05, 0) is 83.6 Å². The summed E-state index contributed by atoms with van der Waals surface area (Å²) in [6.07, 6.45) is 2.17. The Morgan fingerprint density at radius 2 is 0.766 bits per heavy atom. The number of aliphatic hydroxyl groups is 1. The van der Waals surface area contributed by atoms with Crippen molar-refractivity contribution in [3.05, 3.63) is 119 Å². The minimum Gasteiger partial charge on any atom is -0.491 e. The molecular formula is C39H40O8. The van der Waals surface area contributed by atoms with E-state index >= 15 is 0 Å². The van der Waals surface area contributed by atoms with Crippen LogP contribution < -0.4 is 18.9 Å². The molecule has 47 heavy (non-hydrogen) atoms. The first-order valence-electron chi connectivity index (χ1n) is 16.6. The van der Waals surface area contributed by atoms with Crippen molar-refractivity contribution in [3.8, 4) is 23.0 Å². The number of hydrogen-bond acceptors (Lipinski definition) is 8. The van der Waals surface area contributed by atoms with Gasteiger partial charge in [-0.15, -0.1) is 0 Å². The fourth-order valence-corrected chi connectivity index (χ4v) is 5.81. The molecule has 0 bridgehead atoms. The van der Waals surface area contributed by atoms with Gasteiger partial charge in [0.15, 0.2) is 0 Å². The van der Waals surface area contributed by atoms with Gasteiger partial charge in [-0.1, -0.05) is 48.5 Å². The molecule has 244 valence electrons. The highest BCUT2D eigenvalue weighted by molar-refractivity contribution is 5.48. The van der Waals surface area contributed by atoms with E-state index in [0.717, 1.165) is 77.9 Å². The molecule has 0 spiro atoms. The molecule has 0 aromatic heterocycles. The van der Waals surface area contributed by atoms with Gasteiger partial charge in [-0.3, -0.25) is 0 Å². The van der Waals surface area contributed by atoms with Crippen LogP contribution in [0.25, 0.3) is 0 Å². The van der Waals surface area contributed by atoms with E-state index in [-0.39, 0.29) is 30.1 Å². The highest BCUT2D eigenvalue weighted by Gasteiger charge is 2.41. The smallest absolute Gasteiger partial charge is 0.119 e. The zero-order valence-electron chi connectivity index (χ0n) is 26.3. The van der Waals surface area contributed by atoms with Crippen molar-refractivity contribution >= 4 is 0 Å². The van der Waals surface area contributed by atoms with Crippen molar-refractivity contribution in [1.82, 2.24) is 0 Å². The fraction of sp³-hybridized carbons (Fsp3) is 0.385. The molecule has 1 saturated carbocycles. The summed E-state index contributed by atoms with van der Waals surface area (Å²) < 4.78 is 39.9. The lowest BCUT2D eigenvalue weighted by Gasteiger charge is -2.30. The van der Waals surface area contributed by atoms with Crippen LogP contribution in [0.15, 0.2) is 97.1 Å². The van der Waals surface area contributed by atoms with Gasteiger partial charge in [-0.25, -0.2) is 0 Å². The van der Waals surface area contributed by atoms with E-state index in [1.54, 1.807) is 0 Å². The van der Waals surface area contributed by atoms with Crippen molar-refractivity contribution in [3.63, 3.8) is 0 Å². The first-order valence-corrected chi connectivity index (χ1v) is 16.6. The van der Waals surface area contributed by atoms with Gasteiger partial charge in [-0.2, -0.15) is 0 Å². The highest BCUT2D eigenvalue weighted by atomic mass is 16.6. The van der Waals surface area contributed by atoms with Gasteiger partial charge >= 0.3 is 0 Å². The van der Waals surface area contributed by atoms with Gasteiger partial charge < -0.3 is 38.3 Å². The maximum absolute atomic E-state index is 10.3. The molecule has 0 amide bonds. The van der Waals surface area contributed by atoms with Gasteiger partial charge in [0.1, 0.15) is 67.7 Å². The molecule has 8 heteroatoms. The number of ether oxygens (including phenoxy) is 7. The molecule has 4 aromatic rings. The Morgan fingerprint density at radius 3 is 1.02 bits per heavy atom. The summed E-state index contributed by atoms with van der Waals surface area (Å²) in [7, 11) is 0. The van der Waals surface area contributed by atoms with Crippen molar-refractivity contribution in [2.45, 2.75) is 48.6 Å². The average molecular weight is 637 g/mol. The van der Waals surface area contributed by atoms with E-state index in [0.29, 0.717) is 26.4 Å². The van der Waals surface area contributed by atoms with Gasteiger partial charge in [0, 0.05) is 11.8 Å². The SMILES string of the molecule is OC1(COc2ccc(C(c3ccc(OCC4CO4)cc3)C(c3ccc(OCC4CO4)cc3)c3ccc(OCC4CO4)cc3)cc2)CC1. The molecule has 1 N–H and O–H groups in total. The predicted molar refractivity (Wildman–Crippen MR) is 175 cm³/mol. The Bertz CT molecular complexity index is 1540. The van der Waals surface area contributed by atoms with Crippen molar-refractivity contribution in [1.29, 1.82) is 0 Å². The molecule has 4 fully saturated rings. The molecule has 0 radical (unpaired) electrons. The van der Waals surface area contributed by atoms with Crippen LogP contribution in [0.2, 0.25) is 0 Å². The highest BCUT2D eigenvalue weighted by Crippen LogP contribution is 2.45. The molecule has 4 unspecified atom stereocenters. The summed E-state index contributed by atoms with van der Waals surface area (Å²) in [6, 6.07) is 33.5. The van der Waals surface area contributed by atoms with Crippen molar-refractivity contribution in [2.24, 2.45) is 0 Å². The second-order valence-corrected chi connectivity index (χ2v) is 13.0. The summed E-state index contributed by atoms with van der Waals surface area (Å²) >= 11 is 0. The van der Waals surface area contributed by atoms with Crippen LogP contribution in [0.4, 0.5) is 0 Å². The van der Waals surface area contributed by atoms with E-state index in [1.807, 2.05) is 48.5 Å². The van der Waals surface area contributed by atoms with Crippen LogP contribution in [-0.2, 0) is 14.2 Å². The van der Waals surface area contributed by atoms with Gasteiger partial charge in [0.05, 0.1) is 25.4 Å². The lowest BCUT2D eigenvalue weighted by molar-refractivity contribution is 0.0856. The normalized spacial score (nSPS) is 22.9. The van der Waals surface area contributed by atoms with E-state index in [2.05, 4.69) is 48.5 Å². The topological polar surface area (TPSA) is 94.7 Å². The molecule has 3 aliphatic heterocycles. The van der Waals surface area contributed by atoms with Crippen LogP contribution in [0.3, 0.4) is 0 Å². The molecule has 4 atom stereocenters. The average Bonchev–Trinajstić information content (AvgIpc) is 3.91. The van der Waals surface area contributed by atoms with Crippen molar-refractivity contribution in [2.75, 3.05) is 46.2 Å². The van der Waals surface area contributed by atoms with Crippen LogP contribution in [-0.4, -0.2) is 75.3 Å². The van der Waals surface area contributed by atoms with E-state index < -0.39 is 5.60 Å². The fourth-order valence-electron chi connectivity index (χ4n) is 5.81. The maximum atomic E-state index is 10.3. The number of benzene rings is 4. The first kappa shape index (κ1) is 30.3. The molecular weight excluding hydrogens is 596 g/mol. The Hall–Kier alpha value is -4.08. The number of rotatable bonds is 17. The second kappa shape index (κ2) is 13.2. The summed E-state index contributed by atoms with van der Waals surface area (Å²) in [4.78, 5) is 0. The largest absolute Gasteiger partial charge is 0.491 e. The Morgan fingerprint density at radius 1 is 0.489 bits per heavy atom. The number of epoxide rings is 3. The van der Waals surface area contributed by atoms with Gasteiger partial charge in [0.2, 0.25) is 0 Å². The minimum absolute atomic E-state index is 0.0396. The third-order valence-corrected chi connectivity index (χ3v) is 9.14. The monoisotopic (exact) mass is 636 g/mol. The summed E-state index contributed by atoms with van der Waals surface area (Å²) in [5, 5.41) is 10.3. The van der Waals surface area contributed by atoms with E-state index in [9.17, 15) is 5.11 Å². The molecule has 1 aliphatic carbocycles. The van der Waals surface area contributed by atoms with E-state index in [1.165, 1.54) is 0 Å². The zero-order valence-corrected chi connectivity index (χ0v) is 26.3. The lowest BCUT2D eigenvalue weighted by Crippen LogP contribution is -2.18. The molecule has 8 rings (SSSR count). The summed E-state index contributed by atoms with van der Waals surface area (Å²) in [5.41, 5.74) is 3.94. The zero-order chi connectivity index (χ0) is 31.6. The Kier molecular flexibility index (Phi) is 8.50. The van der Waals surface area contributed by atoms with Crippen LogP contribution in [0.5, 0.6) is 23.0 Å². The van der Waals surface area contributed by atoms with Crippen LogP contribution in [0, 0.1) is 0 Å². The third kappa shape index (κ3) is 8.08. The standard InChI is InChI=1S/C39H40O8/c40-39(17-18-39)25-47-33-15-7-29(8-16-33)38(28-5-13-32(14-6-28)43-21-36-24-46-36)37(26-1-9-30(10-2-26)41-19-34-22-44-34)27-3-11-31(12-4-27)42-20-35-23-45-35/h1-16,34-38,40H,17-25H2. The maximum Gasteiger partial charge on any atom is 0.119 e. The lowest BCUT2D eigenvalue weighted by atomic mass is 9.73. The predicted octanol–water partition coefficient (Wildman–Crippen LogP) is 5.89. The molecule has 4 aromatic carbocycles. The van der Waals surface area contributed by atoms with E-state index in [4.69, 9.17) is 33.2 Å². The van der Waals surface area contributed by atoms with Crippen LogP contribution in [0.1, 0.15) is 46.9 Å². The molecule has 3 saturated heterocycles. The van der Waals surface area contributed by atoms with Crippen molar-refractivity contribution < 1.29 is 38.3 Å². The summed E-state index contributed by atoms with van der Waals surface area (Å²) in [6.45, 7) is 4.28. The molecule has 4 aliphatic rings. The third-order valence-electron chi connectivity index (χ3n) is 9.14. The van der Waals surface area contributed by atoms with Crippen LogP contribution >= 0.6 is 0 Å². The quantitative estimate of drug-likeness (QED) is 0.144. The molecule has 8 nitrogen and oxygen atoms in total. The molecule has 3 heterocycles. The first-order chi connectivity index (χ1) is 23.1. The second-order valence-electron chi connectivity index (χ2n) is 13.0. The van der Waals surface area contributed by atoms with Gasteiger partial charge in [0.25, 0.3) is 0 Å². The Balaban J connectivity index is 1.13. The summed E-state index contributed by atoms with van der Waals surface area (Å²) in [5.74, 6) is 3.13. The minimum atomic E-state index is -0.676. The number of hydrogen-bond donors (Lipinski definition) is 1.